The van der Waals surface area contributed by atoms with Gasteiger partial charge in [-0.3, -0.25) is 9.11 Å². The van der Waals surface area contributed by atoms with Crippen LogP contribution < -0.4 is 0 Å². The SMILES string of the molecule is CC(c1ccc(S(C)=O)cc1)N(C)Cc1ccc(C(=O)O)cc1F. The number of aromatic carboxylic acids is 1. The summed E-state index contributed by atoms with van der Waals surface area (Å²) in [5.41, 5.74) is 1.42. The Hall–Kier alpha value is -2.05. The van der Waals surface area contributed by atoms with Crippen molar-refractivity contribution in [1.29, 1.82) is 0 Å². The summed E-state index contributed by atoms with van der Waals surface area (Å²) in [6.07, 6.45) is 1.63. The molecule has 1 N–H and O–H groups in total. The molecule has 0 spiro atoms. The minimum Gasteiger partial charge on any atom is -0.478 e. The fourth-order valence-corrected chi connectivity index (χ4v) is 2.93. The smallest absolute Gasteiger partial charge is 0.335 e. The first-order valence-corrected chi connectivity index (χ1v) is 9.00. The fraction of sp³-hybridized carbons (Fsp3) is 0.278. The van der Waals surface area contributed by atoms with Crippen molar-refractivity contribution in [2.75, 3.05) is 13.3 Å². The number of benzene rings is 2. The molecular formula is C18H20FNO3S. The summed E-state index contributed by atoms with van der Waals surface area (Å²) in [7, 11) is 0.863. The maximum Gasteiger partial charge on any atom is 0.335 e. The van der Waals surface area contributed by atoms with E-state index in [2.05, 4.69) is 0 Å². The number of nitrogens with zero attached hydrogens (tertiary/aromatic N) is 1. The maximum absolute atomic E-state index is 14.1. The highest BCUT2D eigenvalue weighted by atomic mass is 32.2. The highest BCUT2D eigenvalue weighted by Crippen LogP contribution is 2.23. The third-order valence-corrected chi connectivity index (χ3v) is 5.01. The molecule has 0 aliphatic carbocycles. The van der Waals surface area contributed by atoms with Gasteiger partial charge in [0.2, 0.25) is 0 Å². The molecule has 0 saturated heterocycles. The first-order valence-electron chi connectivity index (χ1n) is 7.45. The molecule has 2 rings (SSSR count). The number of halogens is 1. The molecule has 2 aromatic rings. The average Bonchev–Trinajstić information content (AvgIpc) is 2.55. The summed E-state index contributed by atoms with van der Waals surface area (Å²) in [6, 6.07) is 11.5. The van der Waals surface area contributed by atoms with Gasteiger partial charge in [0.25, 0.3) is 0 Å². The number of carbonyl (C=O) groups is 1. The molecule has 0 radical (unpaired) electrons. The zero-order valence-electron chi connectivity index (χ0n) is 13.8. The number of hydrogen-bond acceptors (Lipinski definition) is 3. The Morgan fingerprint density at radius 1 is 1.25 bits per heavy atom. The van der Waals surface area contributed by atoms with Gasteiger partial charge in [0.15, 0.2) is 0 Å². The van der Waals surface area contributed by atoms with E-state index in [0.29, 0.717) is 12.1 Å². The monoisotopic (exact) mass is 349 g/mol. The van der Waals surface area contributed by atoms with Crippen molar-refractivity contribution in [3.63, 3.8) is 0 Å². The molecule has 128 valence electrons. The number of carboxylic acids is 1. The highest BCUT2D eigenvalue weighted by Gasteiger charge is 2.15. The molecule has 0 heterocycles. The molecule has 0 saturated carbocycles. The largest absolute Gasteiger partial charge is 0.478 e. The number of hydrogen-bond donors (Lipinski definition) is 1. The molecule has 4 nitrogen and oxygen atoms in total. The standard InChI is InChI=1S/C18H20FNO3S/c1-12(13-6-8-16(9-7-13)24(3)23)20(2)11-15-5-4-14(18(21)22)10-17(15)19/h4-10,12H,11H2,1-3H3,(H,21,22). The Morgan fingerprint density at radius 2 is 1.88 bits per heavy atom. The average molecular weight is 349 g/mol. The van der Waals surface area contributed by atoms with Crippen LogP contribution in [0, 0.1) is 5.82 Å². The molecular weight excluding hydrogens is 329 g/mol. The van der Waals surface area contributed by atoms with Gasteiger partial charge in [-0.1, -0.05) is 18.2 Å². The Balaban J connectivity index is 2.12. The van der Waals surface area contributed by atoms with Gasteiger partial charge in [-0.25, -0.2) is 9.18 Å². The van der Waals surface area contributed by atoms with Crippen molar-refractivity contribution in [3.05, 3.63) is 65.0 Å². The molecule has 2 aromatic carbocycles. The van der Waals surface area contributed by atoms with E-state index >= 15 is 0 Å². The minimum atomic E-state index is -1.14. The zero-order valence-corrected chi connectivity index (χ0v) is 14.6. The first kappa shape index (κ1) is 18.3. The van der Waals surface area contributed by atoms with Crippen LogP contribution in [-0.2, 0) is 17.3 Å². The molecule has 0 aliphatic rings. The van der Waals surface area contributed by atoms with Crippen molar-refractivity contribution in [1.82, 2.24) is 4.90 Å². The maximum atomic E-state index is 14.1. The van der Waals surface area contributed by atoms with E-state index in [1.54, 1.807) is 6.26 Å². The third-order valence-electron chi connectivity index (χ3n) is 4.08. The second kappa shape index (κ2) is 7.68. The summed E-state index contributed by atoms with van der Waals surface area (Å²) in [4.78, 5) is 13.6. The molecule has 0 aliphatic heterocycles. The van der Waals surface area contributed by atoms with Crippen LogP contribution in [0.5, 0.6) is 0 Å². The van der Waals surface area contributed by atoms with E-state index in [4.69, 9.17) is 5.11 Å². The third kappa shape index (κ3) is 4.27. The van der Waals surface area contributed by atoms with E-state index in [0.717, 1.165) is 16.5 Å². The van der Waals surface area contributed by atoms with Gasteiger partial charge in [-0.2, -0.15) is 0 Å². The Bertz CT molecular complexity index is 761. The fourth-order valence-electron chi connectivity index (χ4n) is 2.41. The van der Waals surface area contributed by atoms with Crippen LogP contribution in [-0.4, -0.2) is 33.5 Å². The van der Waals surface area contributed by atoms with Gasteiger partial charge in [-0.05, 0) is 43.8 Å². The van der Waals surface area contributed by atoms with Crippen molar-refractivity contribution >= 4 is 16.8 Å². The molecule has 2 unspecified atom stereocenters. The molecule has 0 amide bonds. The van der Waals surface area contributed by atoms with Crippen molar-refractivity contribution in [2.45, 2.75) is 24.4 Å². The van der Waals surface area contributed by atoms with Crippen LogP contribution in [0.1, 0.15) is 34.5 Å². The van der Waals surface area contributed by atoms with E-state index in [9.17, 15) is 13.4 Å². The second-order valence-electron chi connectivity index (χ2n) is 5.73. The molecule has 24 heavy (non-hydrogen) atoms. The van der Waals surface area contributed by atoms with Crippen molar-refractivity contribution in [3.8, 4) is 0 Å². The summed E-state index contributed by atoms with van der Waals surface area (Å²) in [5, 5.41) is 8.88. The van der Waals surface area contributed by atoms with Crippen LogP contribution in [0.2, 0.25) is 0 Å². The van der Waals surface area contributed by atoms with Crippen molar-refractivity contribution in [2.24, 2.45) is 0 Å². The highest BCUT2D eigenvalue weighted by molar-refractivity contribution is 7.84. The van der Waals surface area contributed by atoms with Gasteiger partial charge in [0.05, 0.1) is 5.56 Å². The lowest BCUT2D eigenvalue weighted by atomic mass is 10.1. The summed E-state index contributed by atoms with van der Waals surface area (Å²) in [6.45, 7) is 2.36. The van der Waals surface area contributed by atoms with E-state index in [1.165, 1.54) is 12.1 Å². The predicted molar refractivity (Wildman–Crippen MR) is 92.0 cm³/mol. The molecule has 0 aromatic heterocycles. The van der Waals surface area contributed by atoms with Gasteiger partial charge < -0.3 is 5.11 Å². The normalized spacial score (nSPS) is 13.7. The van der Waals surface area contributed by atoms with Crippen LogP contribution in [0.4, 0.5) is 4.39 Å². The van der Waals surface area contributed by atoms with Crippen LogP contribution in [0.3, 0.4) is 0 Å². The quantitative estimate of drug-likeness (QED) is 0.868. The first-order chi connectivity index (χ1) is 11.3. The van der Waals surface area contributed by atoms with E-state index < -0.39 is 22.6 Å². The lowest BCUT2D eigenvalue weighted by Gasteiger charge is -2.25. The van der Waals surface area contributed by atoms with Crippen LogP contribution in [0.15, 0.2) is 47.4 Å². The Labute approximate surface area is 143 Å². The number of carboxylic acid groups (broad SMARTS) is 1. The molecule has 6 heteroatoms. The van der Waals surface area contributed by atoms with Gasteiger partial charge in [0, 0.05) is 40.1 Å². The summed E-state index contributed by atoms with van der Waals surface area (Å²) in [5.74, 6) is -1.67. The summed E-state index contributed by atoms with van der Waals surface area (Å²) < 4.78 is 25.5. The van der Waals surface area contributed by atoms with Crippen LogP contribution in [0.25, 0.3) is 0 Å². The van der Waals surface area contributed by atoms with Crippen LogP contribution >= 0.6 is 0 Å². The molecule has 0 bridgehead atoms. The molecule has 2 atom stereocenters. The van der Waals surface area contributed by atoms with Gasteiger partial charge in [0.1, 0.15) is 5.82 Å². The Morgan fingerprint density at radius 3 is 2.38 bits per heavy atom. The van der Waals surface area contributed by atoms with E-state index in [1.807, 2.05) is 43.1 Å². The minimum absolute atomic E-state index is 0.0305. The lowest BCUT2D eigenvalue weighted by molar-refractivity contribution is 0.0696. The summed E-state index contributed by atoms with van der Waals surface area (Å²) >= 11 is 0. The zero-order chi connectivity index (χ0) is 17.9. The van der Waals surface area contributed by atoms with Gasteiger partial charge >= 0.3 is 5.97 Å². The number of rotatable bonds is 6. The van der Waals surface area contributed by atoms with Gasteiger partial charge in [-0.15, -0.1) is 0 Å². The Kier molecular flexibility index (Phi) is 5.85. The molecule has 0 fully saturated rings. The van der Waals surface area contributed by atoms with E-state index in [-0.39, 0.29) is 11.6 Å². The second-order valence-corrected chi connectivity index (χ2v) is 7.11. The topological polar surface area (TPSA) is 57.6 Å². The predicted octanol–water partition coefficient (Wildman–Crippen LogP) is 3.45. The lowest BCUT2D eigenvalue weighted by Crippen LogP contribution is -2.22. The van der Waals surface area contributed by atoms with Crippen molar-refractivity contribution < 1.29 is 18.5 Å².